The molecule has 0 atom stereocenters. The van der Waals surface area contributed by atoms with Crippen LogP contribution in [0.15, 0.2) is 48.5 Å². The molecule has 0 aromatic heterocycles. The summed E-state index contributed by atoms with van der Waals surface area (Å²) >= 11 is 0. The highest BCUT2D eigenvalue weighted by Gasteiger charge is 2.38. The highest BCUT2D eigenvalue weighted by molar-refractivity contribution is 6.02. The number of fused-ring (bicyclic) bond motifs is 3. The van der Waals surface area contributed by atoms with Gasteiger partial charge in [-0.05, 0) is 22.8 Å². The molecule has 3 rings (SSSR count). The van der Waals surface area contributed by atoms with E-state index in [2.05, 4.69) is 0 Å². The molecule has 2 aromatic carbocycles. The van der Waals surface area contributed by atoms with Crippen LogP contribution in [-0.2, 0) is 6.18 Å². The Balaban J connectivity index is 2.44. The Morgan fingerprint density at radius 3 is 1.95 bits per heavy atom. The van der Waals surface area contributed by atoms with Crippen LogP contribution >= 0.6 is 0 Å². The molecular formula is C15H7F5. The molecule has 0 saturated carbocycles. The highest BCUT2D eigenvalue weighted by atomic mass is 19.4. The molecule has 0 spiro atoms. The molecule has 102 valence electrons. The molecule has 0 N–H and O–H groups in total. The van der Waals surface area contributed by atoms with Crippen molar-refractivity contribution in [1.82, 2.24) is 0 Å². The molecule has 0 amide bonds. The van der Waals surface area contributed by atoms with Crippen molar-refractivity contribution >= 4 is 5.57 Å². The first kappa shape index (κ1) is 12.8. The number of benzene rings is 2. The minimum Gasteiger partial charge on any atom is -0.173 e. The SMILES string of the molecule is FC(F)=C1c2ccccc2-c2c1cccc2C(F)(F)F. The predicted octanol–water partition coefficient (Wildman–Crippen LogP) is 5.34. The summed E-state index contributed by atoms with van der Waals surface area (Å²) in [6.45, 7) is 0. The van der Waals surface area contributed by atoms with Crippen LogP contribution in [0.1, 0.15) is 16.7 Å². The molecule has 5 heteroatoms. The normalized spacial score (nSPS) is 13.2. The fraction of sp³-hybridized carbons (Fsp3) is 0.0667. The van der Waals surface area contributed by atoms with E-state index in [4.69, 9.17) is 0 Å². The summed E-state index contributed by atoms with van der Waals surface area (Å²) in [6, 6.07) is 9.25. The molecule has 0 nitrogen and oxygen atoms in total. The van der Waals surface area contributed by atoms with Gasteiger partial charge in [0.05, 0.1) is 11.1 Å². The summed E-state index contributed by atoms with van der Waals surface area (Å²) in [5, 5.41) is 0. The Labute approximate surface area is 111 Å². The van der Waals surface area contributed by atoms with E-state index in [9.17, 15) is 22.0 Å². The monoisotopic (exact) mass is 282 g/mol. The molecule has 0 aliphatic heterocycles. The van der Waals surface area contributed by atoms with Crippen LogP contribution in [-0.4, -0.2) is 0 Å². The van der Waals surface area contributed by atoms with Gasteiger partial charge in [0, 0.05) is 5.56 Å². The van der Waals surface area contributed by atoms with Crippen molar-refractivity contribution in [3.8, 4) is 11.1 Å². The van der Waals surface area contributed by atoms with Crippen molar-refractivity contribution in [1.29, 1.82) is 0 Å². The number of halogens is 5. The van der Waals surface area contributed by atoms with Gasteiger partial charge in [-0.15, -0.1) is 0 Å². The second-order valence-electron chi connectivity index (χ2n) is 4.41. The maximum atomic E-state index is 13.1. The summed E-state index contributed by atoms with van der Waals surface area (Å²) in [5.41, 5.74) is -1.21. The summed E-state index contributed by atoms with van der Waals surface area (Å²) in [6.07, 6.45) is -6.56. The minimum atomic E-state index is -4.58. The third kappa shape index (κ3) is 1.73. The molecule has 20 heavy (non-hydrogen) atoms. The lowest BCUT2D eigenvalue weighted by molar-refractivity contribution is -0.137. The van der Waals surface area contributed by atoms with E-state index in [1.807, 2.05) is 0 Å². The number of hydrogen-bond acceptors (Lipinski definition) is 0. The highest BCUT2D eigenvalue weighted by Crippen LogP contribution is 2.50. The molecule has 1 aliphatic carbocycles. The zero-order valence-corrected chi connectivity index (χ0v) is 9.93. The van der Waals surface area contributed by atoms with Gasteiger partial charge in [0.15, 0.2) is 0 Å². The van der Waals surface area contributed by atoms with E-state index in [-0.39, 0.29) is 22.3 Å². The first-order valence-electron chi connectivity index (χ1n) is 5.77. The molecule has 0 unspecified atom stereocenters. The fourth-order valence-electron chi connectivity index (χ4n) is 2.55. The van der Waals surface area contributed by atoms with Crippen LogP contribution in [0.2, 0.25) is 0 Å². The van der Waals surface area contributed by atoms with Crippen molar-refractivity contribution in [3.05, 3.63) is 65.2 Å². The van der Waals surface area contributed by atoms with E-state index < -0.39 is 23.4 Å². The summed E-state index contributed by atoms with van der Waals surface area (Å²) in [5.74, 6) is 0. The third-order valence-electron chi connectivity index (χ3n) is 3.29. The molecule has 2 aromatic rings. The van der Waals surface area contributed by atoms with Crippen LogP contribution in [0.25, 0.3) is 16.7 Å². The molecule has 1 aliphatic rings. The second kappa shape index (κ2) is 4.16. The summed E-state index contributed by atoms with van der Waals surface area (Å²) < 4.78 is 65.4. The molecule has 0 bridgehead atoms. The number of hydrogen-bond donors (Lipinski definition) is 0. The average Bonchev–Trinajstić information content (AvgIpc) is 2.71. The van der Waals surface area contributed by atoms with Crippen molar-refractivity contribution in [2.75, 3.05) is 0 Å². The van der Waals surface area contributed by atoms with Crippen molar-refractivity contribution < 1.29 is 22.0 Å². The average molecular weight is 282 g/mol. The van der Waals surface area contributed by atoms with Crippen LogP contribution in [0.4, 0.5) is 22.0 Å². The first-order chi connectivity index (χ1) is 9.41. The summed E-state index contributed by atoms with van der Waals surface area (Å²) in [7, 11) is 0. The van der Waals surface area contributed by atoms with Gasteiger partial charge < -0.3 is 0 Å². The van der Waals surface area contributed by atoms with Gasteiger partial charge in [-0.3, -0.25) is 0 Å². The van der Waals surface area contributed by atoms with Crippen LogP contribution < -0.4 is 0 Å². The van der Waals surface area contributed by atoms with Gasteiger partial charge in [0.1, 0.15) is 0 Å². The van der Waals surface area contributed by atoms with E-state index in [0.29, 0.717) is 0 Å². The van der Waals surface area contributed by atoms with E-state index in [1.54, 1.807) is 0 Å². The lowest BCUT2D eigenvalue weighted by Crippen LogP contribution is -2.07. The minimum absolute atomic E-state index is 0.0685. The van der Waals surface area contributed by atoms with Crippen LogP contribution in [0.3, 0.4) is 0 Å². The third-order valence-corrected chi connectivity index (χ3v) is 3.29. The Morgan fingerprint density at radius 1 is 0.750 bits per heavy atom. The van der Waals surface area contributed by atoms with E-state index in [0.717, 1.165) is 12.1 Å². The van der Waals surface area contributed by atoms with Crippen molar-refractivity contribution in [2.24, 2.45) is 0 Å². The van der Waals surface area contributed by atoms with Gasteiger partial charge in [-0.2, -0.15) is 22.0 Å². The Hall–Kier alpha value is -2.17. The molecule has 0 saturated heterocycles. The molecule has 0 heterocycles. The standard InChI is InChI=1S/C15H7F5/c16-14(17)13-9-5-2-1-4-8(9)12-10(13)6-3-7-11(12)15(18,19)20/h1-7H. The Bertz CT molecular complexity index is 721. The topological polar surface area (TPSA) is 0 Å². The van der Waals surface area contributed by atoms with Gasteiger partial charge in [0.25, 0.3) is 6.08 Å². The quantitative estimate of drug-likeness (QED) is 0.488. The Morgan fingerprint density at radius 2 is 1.35 bits per heavy atom. The van der Waals surface area contributed by atoms with Crippen molar-refractivity contribution in [3.63, 3.8) is 0 Å². The van der Waals surface area contributed by atoms with Crippen molar-refractivity contribution in [2.45, 2.75) is 6.18 Å². The zero-order chi connectivity index (χ0) is 14.5. The molecule has 0 fully saturated rings. The smallest absolute Gasteiger partial charge is 0.173 e. The maximum Gasteiger partial charge on any atom is 0.417 e. The van der Waals surface area contributed by atoms with E-state index in [1.165, 1.54) is 30.3 Å². The molecular weight excluding hydrogens is 275 g/mol. The number of alkyl halides is 3. The molecule has 0 radical (unpaired) electrons. The maximum absolute atomic E-state index is 13.1. The van der Waals surface area contributed by atoms with Gasteiger partial charge in [-0.1, -0.05) is 36.4 Å². The lowest BCUT2D eigenvalue weighted by Gasteiger charge is -2.12. The lowest BCUT2D eigenvalue weighted by atomic mass is 9.99. The number of rotatable bonds is 0. The van der Waals surface area contributed by atoms with Crippen LogP contribution in [0.5, 0.6) is 0 Å². The fourth-order valence-corrected chi connectivity index (χ4v) is 2.55. The van der Waals surface area contributed by atoms with E-state index >= 15 is 0 Å². The predicted molar refractivity (Wildman–Crippen MR) is 65.1 cm³/mol. The largest absolute Gasteiger partial charge is 0.417 e. The zero-order valence-electron chi connectivity index (χ0n) is 9.93. The van der Waals surface area contributed by atoms with Gasteiger partial charge in [0.2, 0.25) is 0 Å². The first-order valence-corrected chi connectivity index (χ1v) is 5.77. The van der Waals surface area contributed by atoms with Crippen LogP contribution in [0, 0.1) is 0 Å². The second-order valence-corrected chi connectivity index (χ2v) is 4.41. The Kier molecular flexibility index (Phi) is 2.67. The van der Waals surface area contributed by atoms with Gasteiger partial charge in [-0.25, -0.2) is 0 Å². The summed E-state index contributed by atoms with van der Waals surface area (Å²) in [4.78, 5) is 0. The van der Waals surface area contributed by atoms with Gasteiger partial charge >= 0.3 is 6.18 Å².